The van der Waals surface area contributed by atoms with Gasteiger partial charge in [-0.3, -0.25) is 9.59 Å². The predicted molar refractivity (Wildman–Crippen MR) is 213 cm³/mol. The summed E-state index contributed by atoms with van der Waals surface area (Å²) in [5.41, 5.74) is 0. The van der Waals surface area contributed by atoms with Gasteiger partial charge in [0, 0.05) is 12.8 Å². The lowest BCUT2D eigenvalue weighted by Crippen LogP contribution is -2.45. The number of hydrogen-bond acceptors (Lipinski definition) is 5. The molecule has 6 nitrogen and oxygen atoms in total. The molecule has 6 heteroatoms. The highest BCUT2D eigenvalue weighted by Crippen LogP contribution is 2.14. The first-order valence-corrected chi connectivity index (χ1v) is 21.6. The van der Waals surface area contributed by atoms with Gasteiger partial charge in [0.15, 0.2) is 0 Å². The van der Waals surface area contributed by atoms with Crippen molar-refractivity contribution in [2.24, 2.45) is 0 Å². The number of nitrogens with one attached hydrogen (secondary N) is 1. The van der Waals surface area contributed by atoms with Crippen molar-refractivity contribution in [3.05, 3.63) is 24.3 Å². The van der Waals surface area contributed by atoms with E-state index in [1.165, 1.54) is 135 Å². The van der Waals surface area contributed by atoms with Crippen molar-refractivity contribution in [3.8, 4) is 0 Å². The Labute approximate surface area is 310 Å². The maximum Gasteiger partial charge on any atom is 0.305 e. The Kier molecular flexibility index (Phi) is 38.8. The average molecular weight is 706 g/mol. The van der Waals surface area contributed by atoms with Crippen LogP contribution in [-0.4, -0.2) is 47.4 Å². The van der Waals surface area contributed by atoms with Crippen LogP contribution in [-0.2, 0) is 14.3 Å². The summed E-state index contributed by atoms with van der Waals surface area (Å²) in [7, 11) is 0. The second-order valence-electron chi connectivity index (χ2n) is 14.7. The van der Waals surface area contributed by atoms with Crippen LogP contribution in [0.3, 0.4) is 0 Å². The molecule has 2 atom stereocenters. The monoisotopic (exact) mass is 706 g/mol. The second kappa shape index (κ2) is 40.1. The van der Waals surface area contributed by atoms with Crippen molar-refractivity contribution in [3.63, 3.8) is 0 Å². The number of rotatable bonds is 39. The van der Waals surface area contributed by atoms with Crippen LogP contribution in [0.4, 0.5) is 0 Å². The van der Waals surface area contributed by atoms with Crippen LogP contribution < -0.4 is 5.32 Å². The molecule has 0 bridgehead atoms. The van der Waals surface area contributed by atoms with Gasteiger partial charge in [-0.25, -0.2) is 0 Å². The van der Waals surface area contributed by atoms with Gasteiger partial charge in [0.25, 0.3) is 0 Å². The van der Waals surface area contributed by atoms with Crippen molar-refractivity contribution in [1.29, 1.82) is 0 Å². The fraction of sp³-hybridized carbons (Fsp3) is 0.864. The molecule has 0 aromatic rings. The van der Waals surface area contributed by atoms with Gasteiger partial charge in [0.1, 0.15) is 0 Å². The minimum absolute atomic E-state index is 0.0309. The second-order valence-corrected chi connectivity index (χ2v) is 14.7. The minimum atomic E-state index is -0.856. The van der Waals surface area contributed by atoms with Crippen LogP contribution in [0.1, 0.15) is 219 Å². The number of esters is 1. The van der Waals surface area contributed by atoms with Crippen LogP contribution in [0, 0.1) is 0 Å². The number of hydrogen-bond donors (Lipinski definition) is 3. The highest BCUT2D eigenvalue weighted by Gasteiger charge is 2.18. The summed E-state index contributed by atoms with van der Waals surface area (Å²) >= 11 is 0. The third-order valence-electron chi connectivity index (χ3n) is 9.72. The number of carbonyl (C=O) groups is 2. The first kappa shape index (κ1) is 48.3. The molecule has 3 N–H and O–H groups in total. The van der Waals surface area contributed by atoms with Crippen LogP contribution in [0.25, 0.3) is 0 Å². The van der Waals surface area contributed by atoms with Gasteiger partial charge in [0.2, 0.25) is 5.91 Å². The molecule has 0 spiro atoms. The highest BCUT2D eigenvalue weighted by molar-refractivity contribution is 5.76. The Hall–Kier alpha value is -1.66. The van der Waals surface area contributed by atoms with E-state index in [4.69, 9.17) is 4.74 Å². The maximum absolute atomic E-state index is 12.3. The molecule has 0 aliphatic heterocycles. The lowest BCUT2D eigenvalue weighted by atomic mass is 10.1. The van der Waals surface area contributed by atoms with Crippen LogP contribution >= 0.6 is 0 Å². The molecule has 0 aliphatic carbocycles. The Bertz CT molecular complexity index is 782. The Morgan fingerprint density at radius 3 is 1.42 bits per heavy atom. The van der Waals surface area contributed by atoms with Crippen molar-refractivity contribution in [1.82, 2.24) is 5.32 Å². The van der Waals surface area contributed by atoms with Gasteiger partial charge in [0.05, 0.1) is 25.4 Å². The van der Waals surface area contributed by atoms with E-state index >= 15 is 0 Å². The number of ether oxygens (including phenoxy) is 1. The molecule has 0 rings (SSSR count). The zero-order valence-electron chi connectivity index (χ0n) is 33.1. The van der Waals surface area contributed by atoms with Gasteiger partial charge in [-0.2, -0.15) is 0 Å². The quantitative estimate of drug-likeness (QED) is 0.0336. The van der Waals surface area contributed by atoms with E-state index in [1.807, 2.05) is 6.08 Å². The molecule has 0 heterocycles. The van der Waals surface area contributed by atoms with E-state index in [-0.39, 0.29) is 18.5 Å². The molecule has 50 heavy (non-hydrogen) atoms. The summed E-state index contributed by atoms with van der Waals surface area (Å²) in [6.07, 6.45) is 44.4. The van der Waals surface area contributed by atoms with Crippen molar-refractivity contribution in [2.45, 2.75) is 231 Å². The van der Waals surface area contributed by atoms with Gasteiger partial charge in [-0.1, -0.05) is 173 Å². The van der Waals surface area contributed by atoms with Crippen molar-refractivity contribution < 1.29 is 24.5 Å². The number of aliphatic hydroxyl groups is 2. The fourth-order valence-corrected chi connectivity index (χ4v) is 6.33. The van der Waals surface area contributed by atoms with Crippen molar-refractivity contribution >= 4 is 11.9 Å². The number of aliphatic hydroxyl groups excluding tert-OH is 2. The summed E-state index contributed by atoms with van der Waals surface area (Å²) < 4.78 is 5.43. The summed E-state index contributed by atoms with van der Waals surface area (Å²) in [5.74, 6) is -0.126. The largest absolute Gasteiger partial charge is 0.466 e. The lowest BCUT2D eigenvalue weighted by Gasteiger charge is -2.20. The topological polar surface area (TPSA) is 95.9 Å². The third kappa shape index (κ3) is 36.1. The van der Waals surface area contributed by atoms with E-state index in [2.05, 4.69) is 31.3 Å². The van der Waals surface area contributed by atoms with Crippen molar-refractivity contribution in [2.75, 3.05) is 13.2 Å². The molecule has 0 saturated carbocycles. The molecule has 2 unspecified atom stereocenters. The molecular formula is C44H83NO5. The van der Waals surface area contributed by atoms with Crippen LogP contribution in [0.2, 0.25) is 0 Å². The smallest absolute Gasteiger partial charge is 0.305 e. The molecule has 0 aliphatic rings. The zero-order valence-corrected chi connectivity index (χ0v) is 33.1. The van der Waals surface area contributed by atoms with Gasteiger partial charge < -0.3 is 20.3 Å². The van der Waals surface area contributed by atoms with E-state index in [9.17, 15) is 19.8 Å². The third-order valence-corrected chi connectivity index (χ3v) is 9.72. The molecule has 294 valence electrons. The molecule has 0 fully saturated rings. The molecular weight excluding hydrogens is 622 g/mol. The first-order valence-electron chi connectivity index (χ1n) is 21.6. The number of allylic oxidation sites excluding steroid dienone is 3. The lowest BCUT2D eigenvalue weighted by molar-refractivity contribution is -0.143. The average Bonchev–Trinajstić information content (AvgIpc) is 3.11. The van der Waals surface area contributed by atoms with Gasteiger partial charge in [-0.05, 0) is 57.8 Å². The van der Waals surface area contributed by atoms with Gasteiger partial charge >= 0.3 is 5.97 Å². The SMILES string of the molecule is CCCCCCC/C=C\CCCCCCCC(=O)OCCCCCCCCCCCCC(=O)NC(CO)C(O)/C=C/CCCCCCCCC. The number of unbranched alkanes of at least 4 members (excludes halogenated alkanes) is 26. The maximum atomic E-state index is 12.3. The summed E-state index contributed by atoms with van der Waals surface area (Å²) in [6, 6.07) is -0.642. The standard InChI is InChI=1S/C44H83NO5/c1-3-5-7-9-11-13-14-15-16-17-22-26-30-34-38-44(49)50-39-35-31-27-23-19-18-21-25-29-33-37-43(48)45-41(40-46)42(47)36-32-28-24-20-12-10-8-6-4-2/h14-15,32,36,41-42,46-47H,3-13,16-31,33-35,37-40H2,1-2H3,(H,45,48)/b15-14-,36-32+. The first-order chi connectivity index (χ1) is 24.5. The zero-order chi connectivity index (χ0) is 36.6. The van der Waals surface area contributed by atoms with E-state index in [0.717, 1.165) is 57.8 Å². The van der Waals surface area contributed by atoms with Crippen LogP contribution in [0.5, 0.6) is 0 Å². The Balaban J connectivity index is 3.51. The molecule has 0 aromatic heterocycles. The Morgan fingerprint density at radius 1 is 0.540 bits per heavy atom. The fourth-order valence-electron chi connectivity index (χ4n) is 6.33. The summed E-state index contributed by atoms with van der Waals surface area (Å²) in [5, 5.41) is 22.8. The molecule has 0 saturated heterocycles. The summed E-state index contributed by atoms with van der Waals surface area (Å²) in [6.45, 7) is 4.79. The van der Waals surface area contributed by atoms with E-state index in [0.29, 0.717) is 19.4 Å². The predicted octanol–water partition coefficient (Wildman–Crippen LogP) is 12.0. The molecule has 0 aromatic carbocycles. The molecule has 1 amide bonds. The minimum Gasteiger partial charge on any atom is -0.466 e. The normalized spacial score (nSPS) is 13.0. The van der Waals surface area contributed by atoms with Gasteiger partial charge in [-0.15, -0.1) is 0 Å². The number of carbonyl (C=O) groups excluding carboxylic acids is 2. The van der Waals surface area contributed by atoms with E-state index in [1.54, 1.807) is 6.08 Å². The summed E-state index contributed by atoms with van der Waals surface area (Å²) in [4.78, 5) is 24.3. The van der Waals surface area contributed by atoms with E-state index < -0.39 is 12.1 Å². The molecule has 0 radical (unpaired) electrons. The highest BCUT2D eigenvalue weighted by atomic mass is 16.5. The van der Waals surface area contributed by atoms with Crippen LogP contribution in [0.15, 0.2) is 24.3 Å². The number of amides is 1. The Morgan fingerprint density at radius 2 is 0.940 bits per heavy atom.